The van der Waals surface area contributed by atoms with Crippen molar-refractivity contribution >= 4 is 10.1 Å². The minimum absolute atomic E-state index is 0.364. The largest absolute Gasteiger partial charge is 0.330 e. The third-order valence-corrected chi connectivity index (χ3v) is 2.30. The van der Waals surface area contributed by atoms with E-state index in [4.69, 9.17) is 16.0 Å². The van der Waals surface area contributed by atoms with Gasteiger partial charge >= 0.3 is 0 Å². The Morgan fingerprint density at radius 1 is 1.33 bits per heavy atom. The molecule has 0 fully saturated rings. The third kappa shape index (κ3) is 7.93. The Kier molecular flexibility index (Phi) is 5.39. The highest BCUT2D eigenvalue weighted by Gasteiger charge is 2.11. The molecule has 0 bridgehead atoms. The molecule has 0 aliphatic carbocycles. The predicted octanol–water partition coefficient (Wildman–Crippen LogP) is -0.669. The van der Waals surface area contributed by atoms with Crippen LogP contribution in [0.3, 0.4) is 0 Å². The second kappa shape index (κ2) is 5.47. The molecule has 74 valence electrons. The lowest BCUT2D eigenvalue weighted by Crippen LogP contribution is -2.29. The summed E-state index contributed by atoms with van der Waals surface area (Å²) in [4.78, 5) is 0. The molecule has 0 amide bonds. The van der Waals surface area contributed by atoms with Crippen LogP contribution in [0.5, 0.6) is 0 Å². The van der Waals surface area contributed by atoms with Crippen molar-refractivity contribution in [2.75, 3.05) is 12.3 Å². The van der Waals surface area contributed by atoms with E-state index >= 15 is 0 Å². The van der Waals surface area contributed by atoms with Crippen LogP contribution in [-0.4, -0.2) is 31.3 Å². The molecule has 0 aromatic rings. The van der Waals surface area contributed by atoms with Gasteiger partial charge in [-0.15, -0.1) is 0 Å². The fraction of sp³-hybridized carbons (Fsp3) is 1.00. The van der Waals surface area contributed by atoms with Gasteiger partial charge in [0.15, 0.2) is 0 Å². The van der Waals surface area contributed by atoms with Crippen molar-refractivity contribution in [3.05, 3.63) is 0 Å². The highest BCUT2D eigenvalue weighted by Crippen LogP contribution is 1.99. The molecule has 0 aromatic carbocycles. The van der Waals surface area contributed by atoms with Gasteiger partial charge in [0.25, 0.3) is 10.1 Å². The van der Waals surface area contributed by atoms with E-state index in [1.54, 1.807) is 0 Å². The summed E-state index contributed by atoms with van der Waals surface area (Å²) in [6.07, 6.45) is 2.21. The summed E-state index contributed by atoms with van der Waals surface area (Å²) in [5.41, 5.74) is 10.7. The summed E-state index contributed by atoms with van der Waals surface area (Å²) in [6.45, 7) is 0.582. The van der Waals surface area contributed by atoms with Crippen LogP contribution in [-0.2, 0) is 10.1 Å². The van der Waals surface area contributed by atoms with Gasteiger partial charge in [-0.1, -0.05) is 6.42 Å². The smallest absolute Gasteiger partial charge is 0.266 e. The molecule has 6 heteroatoms. The van der Waals surface area contributed by atoms with Crippen molar-refractivity contribution in [1.29, 1.82) is 0 Å². The first kappa shape index (κ1) is 11.8. The maximum absolute atomic E-state index is 10.3. The van der Waals surface area contributed by atoms with Crippen LogP contribution in [0.2, 0.25) is 0 Å². The normalized spacial score (nSPS) is 14.6. The lowest BCUT2D eigenvalue weighted by molar-refractivity contribution is 0.472. The van der Waals surface area contributed by atoms with Crippen molar-refractivity contribution < 1.29 is 13.0 Å². The molecule has 0 aliphatic heterocycles. The van der Waals surface area contributed by atoms with Crippen molar-refractivity contribution in [2.45, 2.75) is 25.3 Å². The van der Waals surface area contributed by atoms with Gasteiger partial charge in [0.1, 0.15) is 0 Å². The zero-order valence-electron chi connectivity index (χ0n) is 6.94. The fourth-order valence-corrected chi connectivity index (χ4v) is 1.61. The van der Waals surface area contributed by atoms with Gasteiger partial charge in [-0.25, -0.2) is 0 Å². The second-order valence-electron chi connectivity index (χ2n) is 2.79. The molecule has 5 nitrogen and oxygen atoms in total. The predicted molar refractivity (Wildman–Crippen MR) is 47.3 cm³/mol. The van der Waals surface area contributed by atoms with Gasteiger partial charge in [0, 0.05) is 6.04 Å². The molecule has 0 aliphatic rings. The summed E-state index contributed by atoms with van der Waals surface area (Å²) in [5, 5.41) is 0. The topological polar surface area (TPSA) is 106 Å². The molecule has 0 spiro atoms. The molecule has 12 heavy (non-hydrogen) atoms. The minimum atomic E-state index is -3.92. The molecule has 5 N–H and O–H groups in total. The molecule has 1 atom stereocenters. The molecular formula is C6H16N2O3S. The van der Waals surface area contributed by atoms with E-state index in [-0.39, 0.29) is 5.75 Å². The molecule has 0 saturated heterocycles. The van der Waals surface area contributed by atoms with Gasteiger partial charge < -0.3 is 11.5 Å². The Hall–Kier alpha value is -0.170. The molecule has 0 radical (unpaired) electrons. The fourth-order valence-electron chi connectivity index (χ4n) is 0.905. The maximum Gasteiger partial charge on any atom is 0.266 e. The maximum atomic E-state index is 10.3. The summed E-state index contributed by atoms with van der Waals surface area (Å²) >= 11 is 0. The van der Waals surface area contributed by atoms with E-state index in [2.05, 4.69) is 0 Å². The van der Waals surface area contributed by atoms with E-state index in [9.17, 15) is 8.42 Å². The number of hydrogen-bond acceptors (Lipinski definition) is 4. The average molecular weight is 196 g/mol. The number of rotatable bonds is 6. The zero-order chi connectivity index (χ0) is 9.61. The Labute approximate surface area is 72.9 Å². The average Bonchev–Trinajstić information content (AvgIpc) is 1.84. The lowest BCUT2D eigenvalue weighted by atomic mass is 10.1. The SMILES string of the molecule is NCCCCC(N)CS(=O)(=O)O. The standard InChI is InChI=1S/C6H16N2O3S/c7-4-2-1-3-6(8)5-12(9,10)11/h6H,1-5,7-8H2,(H,9,10,11). The highest BCUT2D eigenvalue weighted by molar-refractivity contribution is 7.85. The molecule has 0 saturated carbocycles. The molecule has 0 rings (SSSR count). The Morgan fingerprint density at radius 2 is 1.92 bits per heavy atom. The number of unbranched alkanes of at least 4 members (excludes halogenated alkanes) is 1. The van der Waals surface area contributed by atoms with Crippen LogP contribution < -0.4 is 11.5 Å². The second-order valence-corrected chi connectivity index (χ2v) is 4.29. The lowest BCUT2D eigenvalue weighted by Gasteiger charge is -2.07. The summed E-state index contributed by atoms with van der Waals surface area (Å²) < 4.78 is 29.1. The van der Waals surface area contributed by atoms with E-state index in [0.29, 0.717) is 13.0 Å². The van der Waals surface area contributed by atoms with E-state index < -0.39 is 16.2 Å². The Bertz CT molecular complexity index is 203. The zero-order valence-corrected chi connectivity index (χ0v) is 7.76. The van der Waals surface area contributed by atoms with Gasteiger partial charge in [0.2, 0.25) is 0 Å². The van der Waals surface area contributed by atoms with Crippen LogP contribution in [0.4, 0.5) is 0 Å². The first-order valence-corrected chi connectivity index (χ1v) is 5.47. The summed E-state index contributed by atoms with van der Waals surface area (Å²) in [5.74, 6) is -0.364. The summed E-state index contributed by atoms with van der Waals surface area (Å²) in [7, 11) is -3.92. The number of hydrogen-bond donors (Lipinski definition) is 3. The Morgan fingerprint density at radius 3 is 2.33 bits per heavy atom. The van der Waals surface area contributed by atoms with Gasteiger partial charge in [-0.2, -0.15) is 8.42 Å². The van der Waals surface area contributed by atoms with E-state index in [0.717, 1.165) is 12.8 Å². The molecular weight excluding hydrogens is 180 g/mol. The van der Waals surface area contributed by atoms with Gasteiger partial charge in [-0.3, -0.25) is 4.55 Å². The first-order chi connectivity index (χ1) is 5.45. The first-order valence-electron chi connectivity index (χ1n) is 3.86. The van der Waals surface area contributed by atoms with Crippen LogP contribution >= 0.6 is 0 Å². The van der Waals surface area contributed by atoms with E-state index in [1.807, 2.05) is 0 Å². The summed E-state index contributed by atoms with van der Waals surface area (Å²) in [6, 6.07) is -0.480. The van der Waals surface area contributed by atoms with Crippen molar-refractivity contribution in [3.8, 4) is 0 Å². The van der Waals surface area contributed by atoms with Crippen molar-refractivity contribution in [1.82, 2.24) is 0 Å². The molecule has 0 aromatic heterocycles. The van der Waals surface area contributed by atoms with Gasteiger partial charge in [0.05, 0.1) is 5.75 Å². The number of nitrogens with two attached hydrogens (primary N) is 2. The van der Waals surface area contributed by atoms with Crippen LogP contribution in [0.1, 0.15) is 19.3 Å². The highest BCUT2D eigenvalue weighted by atomic mass is 32.2. The molecule has 0 heterocycles. The Balaban J connectivity index is 3.53. The molecule has 1 unspecified atom stereocenters. The quantitative estimate of drug-likeness (QED) is 0.386. The van der Waals surface area contributed by atoms with E-state index in [1.165, 1.54) is 0 Å². The van der Waals surface area contributed by atoms with Crippen LogP contribution in [0.25, 0.3) is 0 Å². The monoisotopic (exact) mass is 196 g/mol. The van der Waals surface area contributed by atoms with Crippen molar-refractivity contribution in [3.63, 3.8) is 0 Å². The minimum Gasteiger partial charge on any atom is -0.330 e. The third-order valence-electron chi connectivity index (χ3n) is 1.45. The van der Waals surface area contributed by atoms with Crippen molar-refractivity contribution in [2.24, 2.45) is 11.5 Å². The van der Waals surface area contributed by atoms with Crippen LogP contribution in [0.15, 0.2) is 0 Å². The van der Waals surface area contributed by atoms with Crippen LogP contribution in [0, 0.1) is 0 Å². The van der Waals surface area contributed by atoms with Gasteiger partial charge in [-0.05, 0) is 19.4 Å².